The fourth-order valence-corrected chi connectivity index (χ4v) is 8.80. The van der Waals surface area contributed by atoms with E-state index in [1.165, 1.54) is 4.90 Å². The van der Waals surface area contributed by atoms with Crippen molar-refractivity contribution in [2.75, 3.05) is 31.9 Å². The summed E-state index contributed by atoms with van der Waals surface area (Å²) in [6.45, 7) is 10.9. The van der Waals surface area contributed by atoms with Gasteiger partial charge in [0.05, 0.1) is 34.1 Å². The van der Waals surface area contributed by atoms with Gasteiger partial charge < -0.3 is 36.4 Å². The summed E-state index contributed by atoms with van der Waals surface area (Å²) in [5, 5.41) is 39.8. The Hall–Kier alpha value is -5.71. The molecular weight excluding hydrogens is 781 g/mol. The van der Waals surface area contributed by atoms with Crippen molar-refractivity contribution in [3.8, 4) is 38.6 Å². The van der Waals surface area contributed by atoms with E-state index in [-0.39, 0.29) is 55.2 Å². The number of aliphatic hydroxyl groups excluding tert-OH is 1. The van der Waals surface area contributed by atoms with Gasteiger partial charge in [0.25, 0.3) is 0 Å². The number of phenolic OH excluding ortho intramolecular Hbond substituents is 1. The number of rotatable bonds is 13. The van der Waals surface area contributed by atoms with Gasteiger partial charge in [-0.05, 0) is 73.5 Å². The number of benzene rings is 2. The first kappa shape index (κ1) is 42.4. The maximum Gasteiger partial charge on any atom is 0.246 e. The number of aryl methyl sites for hydroxylation is 1. The molecule has 5 heterocycles. The number of piperidine rings is 1. The normalized spacial score (nSPS) is 18.1. The number of aromatic nitrogens is 5. The summed E-state index contributed by atoms with van der Waals surface area (Å²) in [5.74, 6) is -0.158. The first-order chi connectivity index (χ1) is 28.7. The van der Waals surface area contributed by atoms with Crippen molar-refractivity contribution >= 4 is 34.9 Å². The van der Waals surface area contributed by atoms with Crippen LogP contribution < -0.4 is 16.4 Å². The van der Waals surface area contributed by atoms with Crippen molar-refractivity contribution in [2.45, 2.75) is 84.7 Å². The van der Waals surface area contributed by atoms with Crippen molar-refractivity contribution in [3.63, 3.8) is 0 Å². The molecular formula is C44H54N10O5S. The lowest BCUT2D eigenvalue weighted by molar-refractivity contribution is -0.144. The first-order valence-corrected chi connectivity index (χ1v) is 21.3. The van der Waals surface area contributed by atoms with Crippen molar-refractivity contribution < 1.29 is 24.6 Å². The summed E-state index contributed by atoms with van der Waals surface area (Å²) in [5.41, 5.74) is 12.9. The van der Waals surface area contributed by atoms with Crippen molar-refractivity contribution in [1.29, 1.82) is 0 Å². The topological polar surface area (TPSA) is 205 Å². The lowest BCUT2D eigenvalue weighted by Gasteiger charge is -2.36. The smallest absolute Gasteiger partial charge is 0.246 e. The molecule has 60 heavy (non-hydrogen) atoms. The highest BCUT2D eigenvalue weighted by atomic mass is 32.1. The van der Waals surface area contributed by atoms with Crippen LogP contribution in [0.3, 0.4) is 0 Å². The molecule has 5 aromatic rings. The van der Waals surface area contributed by atoms with Gasteiger partial charge in [-0.15, -0.1) is 21.5 Å². The molecule has 3 atom stereocenters. The molecule has 0 bridgehead atoms. The number of hydrogen-bond acceptors (Lipinski definition) is 12. The highest BCUT2D eigenvalue weighted by Gasteiger charge is 2.44. The molecule has 0 spiro atoms. The third-order valence-corrected chi connectivity index (χ3v) is 12.4. The van der Waals surface area contributed by atoms with Gasteiger partial charge >= 0.3 is 0 Å². The van der Waals surface area contributed by atoms with E-state index in [9.17, 15) is 24.6 Å². The molecule has 316 valence electrons. The quantitative estimate of drug-likeness (QED) is 0.111. The molecule has 2 saturated heterocycles. The molecule has 16 heteroatoms. The number of anilines is 1. The molecule has 6 N–H and O–H groups in total. The number of aliphatic hydroxyl groups is 1. The Bertz CT molecular complexity index is 2300. The van der Waals surface area contributed by atoms with Crippen LogP contribution in [0.5, 0.6) is 5.75 Å². The number of β-amino-alcohol motifs (C(OH)–C–C–N with tert-alkyl or cyclic N) is 1. The number of carbonyl (C=O) groups excluding carboxylic acids is 3. The molecule has 3 amide bonds. The molecule has 2 aromatic carbocycles. The minimum Gasteiger partial charge on any atom is -0.507 e. The summed E-state index contributed by atoms with van der Waals surface area (Å²) < 4.78 is 1.92. The zero-order chi connectivity index (χ0) is 42.6. The number of nitrogens with two attached hydrogens (primary N) is 1. The number of carbonyl (C=O) groups is 3. The van der Waals surface area contributed by atoms with Crippen LogP contribution in [0.4, 0.5) is 5.82 Å². The van der Waals surface area contributed by atoms with E-state index in [0.717, 1.165) is 59.7 Å². The maximum atomic E-state index is 14.1. The highest BCUT2D eigenvalue weighted by Crippen LogP contribution is 2.33. The number of para-hydroxylation sites is 1. The minimum absolute atomic E-state index is 0.0205. The largest absolute Gasteiger partial charge is 0.507 e. The van der Waals surface area contributed by atoms with Crippen molar-refractivity contribution in [2.24, 2.45) is 11.3 Å². The van der Waals surface area contributed by atoms with Crippen LogP contribution >= 0.6 is 11.3 Å². The van der Waals surface area contributed by atoms with E-state index in [4.69, 9.17) is 5.73 Å². The number of amides is 3. The lowest BCUT2D eigenvalue weighted by atomic mass is 9.85. The molecule has 0 aliphatic carbocycles. The SMILES string of the molecule is Cc1ncsc1-c1ccc(CNC(=O)[C@@H]2C[C@@H](O)CN2C(=O)[C@@H](NC(=O)CCN2CCC(Cn3cc(-c4cc(-c5ccccc5O)nnc4N)cn3)CC2)C(C)(C)C)cc1. The number of likely N-dealkylation sites (tertiary alicyclic amines) is 2. The van der Waals surface area contributed by atoms with Crippen LogP contribution in [-0.4, -0.2) is 107 Å². The van der Waals surface area contributed by atoms with E-state index in [2.05, 4.69) is 35.8 Å². The third kappa shape index (κ3) is 10.00. The predicted octanol–water partition coefficient (Wildman–Crippen LogP) is 4.64. The zero-order valence-electron chi connectivity index (χ0n) is 34.5. The van der Waals surface area contributed by atoms with Crippen LogP contribution in [0.25, 0.3) is 32.8 Å². The summed E-state index contributed by atoms with van der Waals surface area (Å²) in [7, 11) is 0. The summed E-state index contributed by atoms with van der Waals surface area (Å²) in [6.07, 6.45) is 5.10. The molecule has 2 aliphatic heterocycles. The number of nitrogens with zero attached hydrogens (tertiary/aromatic N) is 7. The Morgan fingerprint density at radius 1 is 1.02 bits per heavy atom. The predicted molar refractivity (Wildman–Crippen MR) is 230 cm³/mol. The molecule has 15 nitrogen and oxygen atoms in total. The molecule has 2 fully saturated rings. The van der Waals surface area contributed by atoms with Gasteiger partial charge in [-0.3, -0.25) is 19.1 Å². The second kappa shape index (κ2) is 18.3. The van der Waals surface area contributed by atoms with Crippen molar-refractivity contribution in [1.82, 2.24) is 45.4 Å². The Labute approximate surface area is 354 Å². The average molecular weight is 835 g/mol. The van der Waals surface area contributed by atoms with Gasteiger partial charge in [0.15, 0.2) is 5.82 Å². The van der Waals surface area contributed by atoms with Gasteiger partial charge in [-0.25, -0.2) is 4.98 Å². The van der Waals surface area contributed by atoms with Gasteiger partial charge in [0.1, 0.15) is 17.8 Å². The van der Waals surface area contributed by atoms with Crippen LogP contribution in [0.15, 0.2) is 72.5 Å². The molecule has 0 saturated carbocycles. The summed E-state index contributed by atoms with van der Waals surface area (Å²) in [6, 6.07) is 15.0. The van der Waals surface area contributed by atoms with E-state index >= 15 is 0 Å². The number of nitrogen functional groups attached to an aromatic ring is 1. The first-order valence-electron chi connectivity index (χ1n) is 20.4. The van der Waals surface area contributed by atoms with Gasteiger partial charge in [-0.1, -0.05) is 57.2 Å². The minimum atomic E-state index is -0.881. The van der Waals surface area contributed by atoms with Crippen molar-refractivity contribution in [3.05, 3.63) is 83.8 Å². The highest BCUT2D eigenvalue weighted by molar-refractivity contribution is 7.13. The standard InChI is InChI=1S/C44H54N10O5S/c1-27-39(60-26-47-27)30-11-9-28(10-12-30)21-46-42(58)36-19-32(55)25-54(36)43(59)40(44(2,3)4)49-38(57)15-18-52-16-13-29(14-17-52)23-53-24-31(22-48-53)34-20-35(50-51-41(34)45)33-7-5-6-8-37(33)56/h5-12,20,22,24,26,29,32,36,40,55-56H,13-19,21,23,25H2,1-4H3,(H2,45,51)(H,46,58)(H,49,57)/t32-,36+,40-/m1/s1. The van der Waals surface area contributed by atoms with Gasteiger partial charge in [0, 0.05) is 61.9 Å². The molecule has 0 radical (unpaired) electrons. The van der Waals surface area contributed by atoms with E-state index in [1.54, 1.807) is 35.7 Å². The molecule has 7 rings (SSSR count). The second-order valence-electron chi connectivity index (χ2n) is 17.0. The van der Waals surface area contributed by atoms with Crippen LogP contribution in [0.1, 0.15) is 57.7 Å². The monoisotopic (exact) mass is 834 g/mol. The number of aromatic hydroxyl groups is 1. The fraction of sp³-hybridized carbons (Fsp3) is 0.432. The molecule has 2 aliphatic rings. The Morgan fingerprint density at radius 2 is 1.77 bits per heavy atom. The Kier molecular flexibility index (Phi) is 12.9. The second-order valence-corrected chi connectivity index (χ2v) is 17.8. The van der Waals surface area contributed by atoms with E-state index in [1.807, 2.05) is 80.5 Å². The average Bonchev–Trinajstić information content (AvgIpc) is 3.99. The van der Waals surface area contributed by atoms with Crippen LogP contribution in [0.2, 0.25) is 0 Å². The van der Waals surface area contributed by atoms with Gasteiger partial charge in [0.2, 0.25) is 17.7 Å². The maximum absolute atomic E-state index is 14.1. The summed E-state index contributed by atoms with van der Waals surface area (Å²) >= 11 is 1.58. The van der Waals surface area contributed by atoms with Crippen LogP contribution in [0, 0.1) is 18.3 Å². The zero-order valence-corrected chi connectivity index (χ0v) is 35.4. The number of thiazole rings is 1. The van der Waals surface area contributed by atoms with Crippen LogP contribution in [-0.2, 0) is 27.5 Å². The van der Waals surface area contributed by atoms with E-state index < -0.39 is 23.6 Å². The third-order valence-electron chi connectivity index (χ3n) is 11.5. The fourth-order valence-electron chi connectivity index (χ4n) is 7.99. The number of nitrogens with one attached hydrogen (secondary N) is 2. The van der Waals surface area contributed by atoms with Gasteiger partial charge in [-0.2, -0.15) is 5.10 Å². The Balaban J connectivity index is 0.881. The number of hydrogen-bond donors (Lipinski definition) is 5. The number of phenols is 1. The molecule has 0 unspecified atom stereocenters. The van der Waals surface area contributed by atoms with E-state index in [0.29, 0.717) is 29.3 Å². The Morgan fingerprint density at radius 3 is 2.47 bits per heavy atom. The lowest BCUT2D eigenvalue weighted by Crippen LogP contribution is -2.58. The summed E-state index contributed by atoms with van der Waals surface area (Å²) in [4.78, 5) is 50.1. The molecule has 3 aromatic heterocycles.